The van der Waals surface area contributed by atoms with Gasteiger partial charge in [0, 0.05) is 25.6 Å². The molecule has 0 saturated carbocycles. The smallest absolute Gasteiger partial charge is 0.226 e. The molecule has 4 heteroatoms. The van der Waals surface area contributed by atoms with Gasteiger partial charge in [0.05, 0.1) is 12.6 Å². The van der Waals surface area contributed by atoms with Crippen LogP contribution in [-0.4, -0.2) is 43.7 Å². The van der Waals surface area contributed by atoms with E-state index in [9.17, 15) is 9.18 Å². The number of carbonyl (C=O) groups is 1. The van der Waals surface area contributed by atoms with Crippen LogP contribution in [-0.2, 0) is 4.79 Å². The number of rotatable bonds is 2. The van der Waals surface area contributed by atoms with E-state index in [4.69, 9.17) is 0 Å². The monoisotopic (exact) mass is 228 g/mol. The van der Waals surface area contributed by atoms with E-state index < -0.39 is 0 Å². The van der Waals surface area contributed by atoms with Crippen molar-refractivity contribution >= 4 is 5.91 Å². The Morgan fingerprint density at radius 3 is 2.94 bits per heavy atom. The number of alkyl halides is 1. The summed E-state index contributed by atoms with van der Waals surface area (Å²) in [4.78, 5) is 14.1. The molecule has 0 spiro atoms. The molecular weight excluding hydrogens is 207 g/mol. The summed E-state index contributed by atoms with van der Waals surface area (Å²) in [5, 5.41) is 3.26. The van der Waals surface area contributed by atoms with Crippen LogP contribution < -0.4 is 5.32 Å². The van der Waals surface area contributed by atoms with E-state index in [-0.39, 0.29) is 24.4 Å². The third-order valence-corrected chi connectivity index (χ3v) is 3.69. The summed E-state index contributed by atoms with van der Waals surface area (Å²) < 4.78 is 12.6. The van der Waals surface area contributed by atoms with Crippen LogP contribution in [0.1, 0.15) is 25.7 Å². The van der Waals surface area contributed by atoms with Gasteiger partial charge < -0.3 is 10.2 Å². The molecule has 1 N–H and O–H groups in total. The lowest BCUT2D eigenvalue weighted by atomic mass is 9.94. The van der Waals surface area contributed by atoms with E-state index in [0.29, 0.717) is 6.54 Å². The molecule has 2 aliphatic heterocycles. The quantitative estimate of drug-likeness (QED) is 0.770. The first kappa shape index (κ1) is 11.8. The lowest BCUT2D eigenvalue weighted by Crippen LogP contribution is -2.47. The van der Waals surface area contributed by atoms with Crippen LogP contribution in [0.2, 0.25) is 0 Å². The summed E-state index contributed by atoms with van der Waals surface area (Å²) in [6.45, 7) is 3.00. The SMILES string of the molecule is O=C(C1CCCNC1)N1CCCC(CF)C1. The van der Waals surface area contributed by atoms with Crippen molar-refractivity contribution in [1.82, 2.24) is 10.2 Å². The maximum absolute atomic E-state index is 12.6. The average molecular weight is 228 g/mol. The number of halogens is 1. The number of carbonyl (C=O) groups excluding carboxylic acids is 1. The summed E-state index contributed by atoms with van der Waals surface area (Å²) in [6, 6.07) is 0. The second kappa shape index (κ2) is 5.62. The normalized spacial score (nSPS) is 31.4. The first-order valence-corrected chi connectivity index (χ1v) is 6.36. The van der Waals surface area contributed by atoms with Gasteiger partial charge in [0.15, 0.2) is 0 Å². The lowest BCUT2D eigenvalue weighted by Gasteiger charge is -2.35. The van der Waals surface area contributed by atoms with Gasteiger partial charge in [0.25, 0.3) is 0 Å². The third kappa shape index (κ3) is 2.73. The van der Waals surface area contributed by atoms with Crippen molar-refractivity contribution in [2.45, 2.75) is 25.7 Å². The third-order valence-electron chi connectivity index (χ3n) is 3.69. The van der Waals surface area contributed by atoms with Gasteiger partial charge in [-0.15, -0.1) is 0 Å². The van der Waals surface area contributed by atoms with E-state index in [2.05, 4.69) is 5.32 Å². The van der Waals surface area contributed by atoms with Crippen LogP contribution in [0.25, 0.3) is 0 Å². The number of nitrogens with one attached hydrogen (secondary N) is 1. The van der Waals surface area contributed by atoms with Gasteiger partial charge in [-0.1, -0.05) is 0 Å². The van der Waals surface area contributed by atoms with Crippen molar-refractivity contribution in [2.24, 2.45) is 11.8 Å². The van der Waals surface area contributed by atoms with Crippen molar-refractivity contribution in [3.05, 3.63) is 0 Å². The van der Waals surface area contributed by atoms with E-state index in [0.717, 1.165) is 45.3 Å². The van der Waals surface area contributed by atoms with Gasteiger partial charge in [-0.25, -0.2) is 0 Å². The summed E-state index contributed by atoms with van der Waals surface area (Å²) in [5.41, 5.74) is 0. The highest BCUT2D eigenvalue weighted by Gasteiger charge is 2.29. The summed E-state index contributed by atoms with van der Waals surface area (Å²) >= 11 is 0. The van der Waals surface area contributed by atoms with E-state index in [1.807, 2.05) is 4.90 Å². The molecule has 2 atom stereocenters. The largest absolute Gasteiger partial charge is 0.342 e. The first-order chi connectivity index (χ1) is 7.81. The summed E-state index contributed by atoms with van der Waals surface area (Å²) in [6.07, 6.45) is 3.96. The molecule has 0 aliphatic carbocycles. The Hall–Kier alpha value is -0.640. The first-order valence-electron chi connectivity index (χ1n) is 6.36. The molecule has 16 heavy (non-hydrogen) atoms. The Morgan fingerprint density at radius 2 is 2.25 bits per heavy atom. The summed E-state index contributed by atoms with van der Waals surface area (Å²) in [5.74, 6) is 0.451. The molecule has 0 bridgehead atoms. The van der Waals surface area contributed by atoms with Gasteiger partial charge in [0.1, 0.15) is 0 Å². The fraction of sp³-hybridized carbons (Fsp3) is 0.917. The Balaban J connectivity index is 1.87. The minimum absolute atomic E-state index is 0.0780. The second-order valence-electron chi connectivity index (χ2n) is 4.99. The van der Waals surface area contributed by atoms with E-state index in [1.165, 1.54) is 0 Å². The number of hydrogen-bond acceptors (Lipinski definition) is 2. The van der Waals surface area contributed by atoms with Crippen LogP contribution >= 0.6 is 0 Å². The van der Waals surface area contributed by atoms with Crippen molar-refractivity contribution in [1.29, 1.82) is 0 Å². The summed E-state index contributed by atoms with van der Waals surface area (Å²) in [7, 11) is 0. The Morgan fingerprint density at radius 1 is 1.38 bits per heavy atom. The van der Waals surface area contributed by atoms with Gasteiger partial charge in [0.2, 0.25) is 5.91 Å². The molecule has 2 unspecified atom stereocenters. The van der Waals surface area contributed by atoms with E-state index >= 15 is 0 Å². The van der Waals surface area contributed by atoms with Crippen molar-refractivity contribution in [2.75, 3.05) is 32.9 Å². The molecule has 2 heterocycles. The standard InChI is InChI=1S/C12H21FN2O/c13-7-10-3-2-6-15(9-10)12(16)11-4-1-5-14-8-11/h10-11,14H,1-9H2. The van der Waals surface area contributed by atoms with Crippen LogP contribution in [0.3, 0.4) is 0 Å². The van der Waals surface area contributed by atoms with E-state index in [1.54, 1.807) is 0 Å². The highest BCUT2D eigenvalue weighted by molar-refractivity contribution is 5.79. The number of likely N-dealkylation sites (tertiary alicyclic amines) is 1. The lowest BCUT2D eigenvalue weighted by molar-refractivity contribution is -0.138. The van der Waals surface area contributed by atoms with Crippen LogP contribution in [0.4, 0.5) is 4.39 Å². The fourth-order valence-electron chi connectivity index (χ4n) is 2.71. The van der Waals surface area contributed by atoms with Crippen molar-refractivity contribution in [3.8, 4) is 0 Å². The zero-order valence-corrected chi connectivity index (χ0v) is 9.75. The minimum atomic E-state index is -0.285. The Kier molecular flexibility index (Phi) is 4.16. The molecule has 2 saturated heterocycles. The predicted octanol–water partition coefficient (Wildman–Crippen LogP) is 1.19. The second-order valence-corrected chi connectivity index (χ2v) is 4.99. The molecule has 92 valence electrons. The van der Waals surface area contributed by atoms with Gasteiger partial charge >= 0.3 is 0 Å². The van der Waals surface area contributed by atoms with Crippen LogP contribution in [0, 0.1) is 11.8 Å². The molecule has 0 radical (unpaired) electrons. The Labute approximate surface area is 96.4 Å². The maximum atomic E-state index is 12.6. The molecule has 2 aliphatic rings. The van der Waals surface area contributed by atoms with Crippen LogP contribution in [0.15, 0.2) is 0 Å². The average Bonchev–Trinajstić information content (AvgIpc) is 2.39. The highest BCUT2D eigenvalue weighted by Crippen LogP contribution is 2.21. The zero-order valence-electron chi connectivity index (χ0n) is 9.75. The number of nitrogens with zero attached hydrogens (tertiary/aromatic N) is 1. The molecule has 1 amide bonds. The number of hydrogen-bond donors (Lipinski definition) is 1. The number of piperidine rings is 2. The van der Waals surface area contributed by atoms with Gasteiger partial charge in [-0.05, 0) is 32.2 Å². The molecule has 2 rings (SSSR count). The minimum Gasteiger partial charge on any atom is -0.342 e. The zero-order chi connectivity index (χ0) is 11.4. The molecule has 2 fully saturated rings. The van der Waals surface area contributed by atoms with Crippen molar-refractivity contribution < 1.29 is 9.18 Å². The molecule has 0 aromatic rings. The topological polar surface area (TPSA) is 32.3 Å². The molecule has 3 nitrogen and oxygen atoms in total. The van der Waals surface area contributed by atoms with Gasteiger partial charge in [-0.3, -0.25) is 9.18 Å². The predicted molar refractivity (Wildman–Crippen MR) is 60.9 cm³/mol. The molecule has 0 aromatic heterocycles. The van der Waals surface area contributed by atoms with Gasteiger partial charge in [-0.2, -0.15) is 0 Å². The number of amides is 1. The molecular formula is C12H21FN2O. The maximum Gasteiger partial charge on any atom is 0.226 e. The van der Waals surface area contributed by atoms with Crippen LogP contribution in [0.5, 0.6) is 0 Å². The highest BCUT2D eigenvalue weighted by atomic mass is 19.1. The Bertz CT molecular complexity index is 241. The van der Waals surface area contributed by atoms with Crippen molar-refractivity contribution in [3.63, 3.8) is 0 Å². The fourth-order valence-corrected chi connectivity index (χ4v) is 2.71. The molecule has 0 aromatic carbocycles.